The van der Waals surface area contributed by atoms with E-state index in [1.807, 2.05) is 30.3 Å². The molecule has 2 rings (SSSR count). The van der Waals surface area contributed by atoms with Crippen molar-refractivity contribution < 1.29 is 9.63 Å². The molecule has 0 fully saturated rings. The van der Waals surface area contributed by atoms with E-state index in [1.165, 1.54) is 0 Å². The minimum atomic E-state index is -0.478. The molecule has 0 aliphatic carbocycles. The predicted molar refractivity (Wildman–Crippen MR) is 71.5 cm³/mol. The second-order valence-electron chi connectivity index (χ2n) is 3.97. The number of hydrogen-bond donors (Lipinski definition) is 1. The highest BCUT2D eigenvalue weighted by Gasteiger charge is 2.07. The van der Waals surface area contributed by atoms with Crippen LogP contribution in [0.3, 0.4) is 0 Å². The maximum atomic E-state index is 11.7. The van der Waals surface area contributed by atoms with Crippen LogP contribution in [0.15, 0.2) is 47.6 Å². The summed E-state index contributed by atoms with van der Waals surface area (Å²) in [7, 11) is 0. The Kier molecular flexibility index (Phi) is 3.69. The zero-order valence-corrected chi connectivity index (χ0v) is 10.1. The topological polar surface area (TPSA) is 64.7 Å². The molecule has 2 aromatic rings. The van der Waals surface area contributed by atoms with Gasteiger partial charge in [0.25, 0.3) is 0 Å². The number of nitrogens with zero attached hydrogens (tertiary/aromatic N) is 1. The van der Waals surface area contributed by atoms with Crippen molar-refractivity contribution in [2.45, 2.75) is 6.92 Å². The number of hydrogen-bond acceptors (Lipinski definition) is 4. The van der Waals surface area contributed by atoms with E-state index >= 15 is 0 Å². The molecular weight excluding hydrogens is 228 g/mol. The molecule has 0 spiro atoms. The molecule has 0 atom stereocenters. The first kappa shape index (κ1) is 12.3. The van der Waals surface area contributed by atoms with Gasteiger partial charge in [-0.1, -0.05) is 35.5 Å². The summed E-state index contributed by atoms with van der Waals surface area (Å²) in [6, 6.07) is 13.2. The van der Waals surface area contributed by atoms with Crippen LogP contribution in [0.5, 0.6) is 0 Å². The average molecular weight is 242 g/mol. The Hall–Kier alpha value is -2.20. The number of carbonyl (C=O) groups is 1. The molecule has 2 N–H and O–H groups in total. The highest BCUT2D eigenvalue weighted by Crippen LogP contribution is 2.16. The highest BCUT2D eigenvalue weighted by atomic mass is 16.7. The van der Waals surface area contributed by atoms with Crippen molar-refractivity contribution in [1.82, 2.24) is 0 Å². The van der Waals surface area contributed by atoms with Gasteiger partial charge in [-0.3, -0.25) is 0 Å². The van der Waals surface area contributed by atoms with Gasteiger partial charge in [0, 0.05) is 6.54 Å². The average Bonchev–Trinajstić information content (AvgIpc) is 2.43. The molecule has 0 aliphatic heterocycles. The van der Waals surface area contributed by atoms with Gasteiger partial charge >= 0.3 is 5.97 Å². The fraction of sp³-hybridized carbons (Fsp3) is 0.143. The van der Waals surface area contributed by atoms with Crippen molar-refractivity contribution in [3.05, 3.63) is 48.0 Å². The van der Waals surface area contributed by atoms with Gasteiger partial charge in [0.2, 0.25) is 0 Å². The molecule has 0 aliphatic rings. The second-order valence-corrected chi connectivity index (χ2v) is 3.97. The number of oxime groups is 1. The molecule has 18 heavy (non-hydrogen) atoms. The number of benzene rings is 2. The minimum Gasteiger partial charge on any atom is -0.325 e. The van der Waals surface area contributed by atoms with E-state index in [2.05, 4.69) is 5.16 Å². The van der Waals surface area contributed by atoms with Crippen LogP contribution in [0.4, 0.5) is 0 Å². The van der Waals surface area contributed by atoms with Gasteiger partial charge in [0.1, 0.15) is 0 Å². The first-order valence-corrected chi connectivity index (χ1v) is 5.64. The number of fused-ring (bicyclic) bond motifs is 1. The fourth-order valence-corrected chi connectivity index (χ4v) is 1.53. The zero-order valence-electron chi connectivity index (χ0n) is 10.1. The van der Waals surface area contributed by atoms with Crippen molar-refractivity contribution in [2.75, 3.05) is 6.54 Å². The van der Waals surface area contributed by atoms with Gasteiger partial charge in [0.15, 0.2) is 0 Å². The molecule has 0 radical (unpaired) electrons. The van der Waals surface area contributed by atoms with Crippen molar-refractivity contribution in [3.63, 3.8) is 0 Å². The summed E-state index contributed by atoms with van der Waals surface area (Å²) in [5, 5.41) is 5.71. The third-order valence-electron chi connectivity index (χ3n) is 2.56. The van der Waals surface area contributed by atoms with Gasteiger partial charge in [-0.25, -0.2) is 4.79 Å². The standard InChI is InChI=1S/C14H14N2O2/c1-10(9-15)16-18-14(17)13-7-6-11-4-2-3-5-12(11)8-13/h2-8H,9,15H2,1H3. The van der Waals surface area contributed by atoms with Crippen molar-refractivity contribution in [1.29, 1.82) is 0 Å². The van der Waals surface area contributed by atoms with E-state index in [-0.39, 0.29) is 6.54 Å². The fourth-order valence-electron chi connectivity index (χ4n) is 1.53. The van der Waals surface area contributed by atoms with Gasteiger partial charge in [-0.15, -0.1) is 0 Å². The van der Waals surface area contributed by atoms with E-state index in [4.69, 9.17) is 10.6 Å². The van der Waals surface area contributed by atoms with Crippen LogP contribution in [-0.4, -0.2) is 18.2 Å². The Morgan fingerprint density at radius 2 is 1.94 bits per heavy atom. The summed E-state index contributed by atoms with van der Waals surface area (Å²) in [6.45, 7) is 1.97. The smallest absolute Gasteiger partial charge is 0.325 e. The SMILES string of the molecule is CC(CN)=NOC(=O)c1ccc2ccccc2c1. The van der Waals surface area contributed by atoms with E-state index in [1.54, 1.807) is 19.1 Å². The Balaban J connectivity index is 2.23. The first-order chi connectivity index (χ1) is 8.70. The molecule has 4 heteroatoms. The Labute approximate surface area is 105 Å². The molecule has 0 amide bonds. The van der Waals surface area contributed by atoms with Crippen LogP contribution < -0.4 is 5.73 Å². The first-order valence-electron chi connectivity index (χ1n) is 5.64. The van der Waals surface area contributed by atoms with Crippen LogP contribution in [0, 0.1) is 0 Å². The largest absolute Gasteiger partial charge is 0.365 e. The molecule has 0 aromatic heterocycles. The van der Waals surface area contributed by atoms with Crippen LogP contribution in [0.25, 0.3) is 10.8 Å². The summed E-state index contributed by atoms with van der Waals surface area (Å²) < 4.78 is 0. The van der Waals surface area contributed by atoms with E-state index in [0.717, 1.165) is 10.8 Å². The van der Waals surface area contributed by atoms with Gasteiger partial charge < -0.3 is 10.6 Å². The third kappa shape index (κ3) is 2.73. The van der Waals surface area contributed by atoms with Crippen molar-refractivity contribution in [2.24, 2.45) is 10.9 Å². The normalized spacial score (nSPS) is 11.6. The molecule has 2 aromatic carbocycles. The lowest BCUT2D eigenvalue weighted by atomic mass is 10.1. The zero-order chi connectivity index (χ0) is 13.0. The highest BCUT2D eigenvalue weighted by molar-refractivity contribution is 5.95. The summed E-state index contributed by atoms with van der Waals surface area (Å²) in [5.74, 6) is -0.478. The number of nitrogens with two attached hydrogens (primary N) is 1. The summed E-state index contributed by atoms with van der Waals surface area (Å²) in [5.41, 5.74) is 6.40. The molecule has 92 valence electrons. The maximum absolute atomic E-state index is 11.7. The summed E-state index contributed by atoms with van der Waals surface area (Å²) in [6.07, 6.45) is 0. The number of rotatable bonds is 3. The lowest BCUT2D eigenvalue weighted by molar-refractivity contribution is 0.0515. The molecule has 4 nitrogen and oxygen atoms in total. The quantitative estimate of drug-likeness (QED) is 0.510. The third-order valence-corrected chi connectivity index (χ3v) is 2.56. The Bertz CT molecular complexity index is 606. The van der Waals surface area contributed by atoms with Gasteiger partial charge in [-0.2, -0.15) is 0 Å². The molecule has 0 saturated heterocycles. The molecule has 0 heterocycles. The predicted octanol–water partition coefficient (Wildman–Crippen LogP) is 2.33. The van der Waals surface area contributed by atoms with E-state index in [9.17, 15) is 4.79 Å². The lowest BCUT2D eigenvalue weighted by Crippen LogP contribution is -2.11. The van der Waals surface area contributed by atoms with Gasteiger partial charge in [-0.05, 0) is 29.8 Å². The Morgan fingerprint density at radius 3 is 2.67 bits per heavy atom. The summed E-state index contributed by atoms with van der Waals surface area (Å²) >= 11 is 0. The second kappa shape index (κ2) is 5.42. The van der Waals surface area contributed by atoms with Crippen LogP contribution in [0.1, 0.15) is 17.3 Å². The lowest BCUT2D eigenvalue weighted by Gasteiger charge is -2.01. The minimum absolute atomic E-state index is 0.269. The molecular formula is C14H14N2O2. The molecule has 0 unspecified atom stereocenters. The van der Waals surface area contributed by atoms with Crippen molar-refractivity contribution in [3.8, 4) is 0 Å². The van der Waals surface area contributed by atoms with Gasteiger partial charge in [0.05, 0.1) is 11.3 Å². The monoisotopic (exact) mass is 242 g/mol. The molecule has 0 bridgehead atoms. The number of carbonyl (C=O) groups excluding carboxylic acids is 1. The summed E-state index contributed by atoms with van der Waals surface area (Å²) in [4.78, 5) is 16.5. The van der Waals surface area contributed by atoms with E-state index in [0.29, 0.717) is 11.3 Å². The molecule has 0 saturated carbocycles. The van der Waals surface area contributed by atoms with Crippen LogP contribution >= 0.6 is 0 Å². The van der Waals surface area contributed by atoms with E-state index < -0.39 is 5.97 Å². The Morgan fingerprint density at radius 1 is 1.22 bits per heavy atom. The van der Waals surface area contributed by atoms with Crippen LogP contribution in [-0.2, 0) is 4.84 Å². The van der Waals surface area contributed by atoms with Crippen LogP contribution in [0.2, 0.25) is 0 Å². The maximum Gasteiger partial charge on any atom is 0.365 e. The van der Waals surface area contributed by atoms with Crippen molar-refractivity contribution >= 4 is 22.5 Å².